The van der Waals surface area contributed by atoms with Crippen molar-refractivity contribution in [1.82, 2.24) is 20.6 Å². The predicted octanol–water partition coefficient (Wildman–Crippen LogP) is 1.87. The van der Waals surface area contributed by atoms with Crippen LogP contribution < -0.4 is 10.6 Å². The molecule has 0 aromatic carbocycles. The Labute approximate surface area is 111 Å². The van der Waals surface area contributed by atoms with Crippen molar-refractivity contribution >= 4 is 23.2 Å². The third-order valence-corrected chi connectivity index (χ3v) is 3.44. The maximum Gasteiger partial charge on any atom is 0.223 e. The smallest absolute Gasteiger partial charge is 0.223 e. The van der Waals surface area contributed by atoms with Crippen LogP contribution in [0.1, 0.15) is 18.4 Å². The summed E-state index contributed by atoms with van der Waals surface area (Å²) in [5.41, 5.74) is 0.889. The van der Waals surface area contributed by atoms with E-state index < -0.39 is 0 Å². The summed E-state index contributed by atoms with van der Waals surface area (Å²) in [6.45, 7) is 3.92. The van der Waals surface area contributed by atoms with Gasteiger partial charge in [-0.05, 0) is 50.0 Å². The van der Waals surface area contributed by atoms with Gasteiger partial charge in [-0.15, -0.1) is 0 Å². The van der Waals surface area contributed by atoms with E-state index in [0.29, 0.717) is 17.6 Å². The van der Waals surface area contributed by atoms with E-state index >= 15 is 0 Å². The molecule has 2 heterocycles. The molecule has 0 amide bonds. The van der Waals surface area contributed by atoms with Gasteiger partial charge < -0.3 is 10.6 Å². The lowest BCUT2D eigenvalue weighted by molar-refractivity contribution is 0.360. The minimum Gasteiger partial charge on any atom is -0.316 e. The van der Waals surface area contributed by atoms with Gasteiger partial charge in [-0.1, -0.05) is 11.6 Å². The Bertz CT molecular complexity index is 366. The molecule has 1 aliphatic rings. The van der Waals surface area contributed by atoms with Gasteiger partial charge in [-0.2, -0.15) is 0 Å². The fraction of sp³-hybridized carbons (Fsp3) is 0.636. The molecule has 1 atom stereocenters. The summed E-state index contributed by atoms with van der Waals surface area (Å²) in [4.78, 5) is 7.83. The Morgan fingerprint density at radius 1 is 1.47 bits per heavy atom. The normalized spacial score (nSPS) is 20.5. The van der Waals surface area contributed by atoms with Crippen molar-refractivity contribution in [2.24, 2.45) is 5.92 Å². The molecule has 1 aromatic heterocycles. The van der Waals surface area contributed by atoms with Crippen LogP contribution in [0.4, 0.5) is 0 Å². The van der Waals surface area contributed by atoms with E-state index in [1.165, 1.54) is 12.8 Å². The zero-order valence-electron chi connectivity index (χ0n) is 9.55. The molecule has 0 radical (unpaired) electrons. The summed E-state index contributed by atoms with van der Waals surface area (Å²) in [5.74, 6) is 0.704. The van der Waals surface area contributed by atoms with Gasteiger partial charge in [0.15, 0.2) is 0 Å². The number of piperidine rings is 1. The van der Waals surface area contributed by atoms with Crippen LogP contribution in [-0.4, -0.2) is 29.6 Å². The first kappa shape index (κ1) is 13.0. The SMILES string of the molecule is Clc1ncc(CNCC2CCCNC2)c(Cl)n1. The number of rotatable bonds is 4. The highest BCUT2D eigenvalue weighted by Gasteiger charge is 2.12. The van der Waals surface area contributed by atoms with Gasteiger partial charge in [0.1, 0.15) is 5.15 Å². The zero-order chi connectivity index (χ0) is 12.1. The molecule has 2 rings (SSSR count). The number of hydrogen-bond donors (Lipinski definition) is 2. The van der Waals surface area contributed by atoms with Crippen LogP contribution in [0.25, 0.3) is 0 Å². The van der Waals surface area contributed by atoms with E-state index in [0.717, 1.165) is 25.2 Å². The molecule has 4 nitrogen and oxygen atoms in total. The van der Waals surface area contributed by atoms with Crippen LogP contribution in [0.3, 0.4) is 0 Å². The van der Waals surface area contributed by atoms with E-state index in [-0.39, 0.29) is 5.28 Å². The van der Waals surface area contributed by atoms with Crippen molar-refractivity contribution in [3.63, 3.8) is 0 Å². The summed E-state index contributed by atoms with van der Waals surface area (Å²) < 4.78 is 0. The monoisotopic (exact) mass is 274 g/mol. The average Bonchev–Trinajstić information content (AvgIpc) is 2.33. The maximum atomic E-state index is 5.96. The first-order chi connectivity index (χ1) is 8.25. The van der Waals surface area contributed by atoms with Gasteiger partial charge >= 0.3 is 0 Å². The number of nitrogens with one attached hydrogen (secondary N) is 2. The summed E-state index contributed by atoms with van der Waals surface area (Å²) in [5, 5.41) is 7.40. The largest absolute Gasteiger partial charge is 0.316 e. The second-order valence-electron chi connectivity index (χ2n) is 4.30. The molecule has 94 valence electrons. The van der Waals surface area contributed by atoms with Crippen LogP contribution >= 0.6 is 23.2 Å². The molecule has 1 fully saturated rings. The lowest BCUT2D eigenvalue weighted by Crippen LogP contribution is -2.35. The number of nitrogens with zero attached hydrogens (tertiary/aromatic N) is 2. The zero-order valence-corrected chi connectivity index (χ0v) is 11.1. The third-order valence-electron chi connectivity index (χ3n) is 2.93. The van der Waals surface area contributed by atoms with Crippen LogP contribution in [0.15, 0.2) is 6.20 Å². The van der Waals surface area contributed by atoms with Crippen LogP contribution in [0, 0.1) is 5.92 Å². The first-order valence-corrected chi connectivity index (χ1v) is 6.59. The van der Waals surface area contributed by atoms with Gasteiger partial charge in [0.2, 0.25) is 5.28 Å². The Kier molecular flexibility index (Phi) is 4.98. The van der Waals surface area contributed by atoms with Gasteiger partial charge in [-0.25, -0.2) is 9.97 Å². The van der Waals surface area contributed by atoms with Crippen molar-refractivity contribution in [2.45, 2.75) is 19.4 Å². The standard InChI is InChI=1S/C11H16Cl2N4/c12-10-9(7-16-11(13)17-10)6-15-5-8-2-1-3-14-4-8/h7-8,14-15H,1-6H2. The lowest BCUT2D eigenvalue weighted by Gasteiger charge is -2.22. The Morgan fingerprint density at radius 2 is 2.35 bits per heavy atom. The topological polar surface area (TPSA) is 49.8 Å². The molecular weight excluding hydrogens is 259 g/mol. The predicted molar refractivity (Wildman–Crippen MR) is 69.4 cm³/mol. The molecule has 0 saturated carbocycles. The Balaban J connectivity index is 1.77. The number of hydrogen-bond acceptors (Lipinski definition) is 4. The van der Waals surface area contributed by atoms with E-state index in [1.54, 1.807) is 6.20 Å². The van der Waals surface area contributed by atoms with Crippen LogP contribution in [0.5, 0.6) is 0 Å². The molecule has 2 N–H and O–H groups in total. The highest BCUT2D eigenvalue weighted by atomic mass is 35.5. The molecule has 1 aliphatic heterocycles. The Morgan fingerprint density at radius 3 is 3.06 bits per heavy atom. The van der Waals surface area contributed by atoms with Gasteiger partial charge in [0.05, 0.1) is 0 Å². The third kappa shape index (κ3) is 4.07. The second kappa shape index (κ2) is 6.50. The van der Waals surface area contributed by atoms with Crippen molar-refractivity contribution in [1.29, 1.82) is 0 Å². The number of aromatic nitrogens is 2. The minimum absolute atomic E-state index is 0.190. The van der Waals surface area contributed by atoms with Crippen molar-refractivity contribution in [3.8, 4) is 0 Å². The second-order valence-corrected chi connectivity index (χ2v) is 4.99. The number of halogens is 2. The van der Waals surface area contributed by atoms with Gasteiger partial charge in [0, 0.05) is 18.3 Å². The average molecular weight is 275 g/mol. The summed E-state index contributed by atoms with van der Waals surface area (Å²) in [6.07, 6.45) is 4.21. The summed E-state index contributed by atoms with van der Waals surface area (Å²) >= 11 is 11.6. The van der Waals surface area contributed by atoms with E-state index in [1.807, 2.05) is 0 Å². The van der Waals surface area contributed by atoms with E-state index in [2.05, 4.69) is 20.6 Å². The maximum absolute atomic E-state index is 5.96. The van der Waals surface area contributed by atoms with E-state index in [4.69, 9.17) is 23.2 Å². The van der Waals surface area contributed by atoms with Crippen molar-refractivity contribution in [2.75, 3.05) is 19.6 Å². The Hall–Kier alpha value is -0.420. The molecule has 0 spiro atoms. The first-order valence-electron chi connectivity index (χ1n) is 5.84. The molecular formula is C11H16Cl2N4. The molecule has 1 saturated heterocycles. The molecule has 17 heavy (non-hydrogen) atoms. The highest BCUT2D eigenvalue weighted by molar-refractivity contribution is 6.32. The summed E-state index contributed by atoms with van der Waals surface area (Å²) in [6, 6.07) is 0. The van der Waals surface area contributed by atoms with Gasteiger partial charge in [-0.3, -0.25) is 0 Å². The van der Waals surface area contributed by atoms with Crippen molar-refractivity contribution < 1.29 is 0 Å². The molecule has 6 heteroatoms. The van der Waals surface area contributed by atoms with E-state index in [9.17, 15) is 0 Å². The fourth-order valence-electron chi connectivity index (χ4n) is 1.99. The van der Waals surface area contributed by atoms with Crippen molar-refractivity contribution in [3.05, 3.63) is 22.2 Å². The van der Waals surface area contributed by atoms with Crippen LogP contribution in [-0.2, 0) is 6.54 Å². The molecule has 0 aliphatic carbocycles. The quantitative estimate of drug-likeness (QED) is 0.650. The molecule has 1 aromatic rings. The minimum atomic E-state index is 0.190. The molecule has 1 unspecified atom stereocenters. The molecule has 0 bridgehead atoms. The van der Waals surface area contributed by atoms with Crippen LogP contribution in [0.2, 0.25) is 10.4 Å². The van der Waals surface area contributed by atoms with Gasteiger partial charge in [0.25, 0.3) is 0 Å². The summed E-state index contributed by atoms with van der Waals surface area (Å²) in [7, 11) is 0. The lowest BCUT2D eigenvalue weighted by atomic mass is 10.00. The highest BCUT2D eigenvalue weighted by Crippen LogP contribution is 2.14. The fourth-order valence-corrected chi connectivity index (χ4v) is 2.37.